The number of hydrogen-bond acceptors (Lipinski definition) is 7. The molecule has 2 aromatic carbocycles. The lowest BCUT2D eigenvalue weighted by molar-refractivity contribution is 0.102. The molecule has 0 bridgehead atoms. The highest BCUT2D eigenvalue weighted by atomic mass is 32.2. The van der Waals surface area contributed by atoms with E-state index in [-0.39, 0.29) is 28.1 Å². The van der Waals surface area contributed by atoms with Crippen LogP contribution in [-0.2, 0) is 10.0 Å². The summed E-state index contributed by atoms with van der Waals surface area (Å²) in [6, 6.07) is 15.7. The fourth-order valence-corrected chi connectivity index (χ4v) is 3.71. The third-order valence-corrected chi connectivity index (χ3v) is 5.51. The van der Waals surface area contributed by atoms with Gasteiger partial charge in [0, 0.05) is 0 Å². The molecule has 0 aliphatic rings. The van der Waals surface area contributed by atoms with E-state index in [0.29, 0.717) is 5.76 Å². The van der Waals surface area contributed by atoms with Gasteiger partial charge < -0.3 is 8.83 Å². The third-order valence-electron chi connectivity index (χ3n) is 4.12. The number of benzene rings is 2. The Hall–Kier alpha value is -3.92. The van der Waals surface area contributed by atoms with Crippen molar-refractivity contribution in [1.29, 1.82) is 0 Å². The van der Waals surface area contributed by atoms with Crippen molar-refractivity contribution in [3.05, 3.63) is 78.1 Å². The highest BCUT2D eigenvalue weighted by Gasteiger charge is 2.20. The number of carbonyl (C=O) groups is 1. The molecule has 0 aliphatic heterocycles. The van der Waals surface area contributed by atoms with Gasteiger partial charge in [0.2, 0.25) is 0 Å². The molecule has 4 rings (SSSR count). The van der Waals surface area contributed by atoms with Gasteiger partial charge in [-0.2, -0.15) is 0 Å². The van der Waals surface area contributed by atoms with Crippen molar-refractivity contribution in [3.63, 3.8) is 0 Å². The van der Waals surface area contributed by atoms with Crippen LogP contribution in [0.1, 0.15) is 15.9 Å². The predicted octanol–water partition coefficient (Wildman–Crippen LogP) is 3.69. The van der Waals surface area contributed by atoms with Gasteiger partial charge in [-0.05, 0) is 43.3 Å². The molecule has 0 fully saturated rings. The van der Waals surface area contributed by atoms with Crippen LogP contribution >= 0.6 is 0 Å². The first-order chi connectivity index (χ1) is 14.4. The van der Waals surface area contributed by atoms with Crippen LogP contribution < -0.4 is 10.0 Å². The van der Waals surface area contributed by atoms with Crippen molar-refractivity contribution in [1.82, 2.24) is 10.2 Å². The number of amides is 1. The fraction of sp³-hybridized carbons (Fsp3) is 0.0500. The summed E-state index contributed by atoms with van der Waals surface area (Å²) >= 11 is 0. The average Bonchev–Trinajstić information content (AvgIpc) is 3.40. The largest absolute Gasteiger partial charge is 0.459 e. The standard InChI is InChI=1S/C20H16N4O5S/c1-13-8-10-14(11-9-13)30(26,27)24-16-6-3-2-5-15(16)18(25)21-20-23-22-19(29-20)17-7-4-12-28-17/h2-12,24H,1H3,(H,21,23,25). The Labute approximate surface area is 171 Å². The number of anilines is 2. The van der Waals surface area contributed by atoms with Gasteiger partial charge in [0.05, 0.1) is 22.4 Å². The van der Waals surface area contributed by atoms with E-state index in [1.54, 1.807) is 36.4 Å². The molecule has 0 saturated carbocycles. The number of aryl methyl sites for hydroxylation is 1. The van der Waals surface area contributed by atoms with Gasteiger partial charge in [-0.1, -0.05) is 34.9 Å². The normalized spacial score (nSPS) is 11.2. The molecule has 2 heterocycles. The van der Waals surface area contributed by atoms with Crippen LogP contribution in [0.4, 0.5) is 11.7 Å². The summed E-state index contributed by atoms with van der Waals surface area (Å²) in [5.41, 5.74) is 1.13. The number of hydrogen-bond donors (Lipinski definition) is 2. The van der Waals surface area contributed by atoms with Gasteiger partial charge in [0.1, 0.15) is 0 Å². The molecule has 0 unspecified atom stereocenters. The first kappa shape index (κ1) is 19.4. The topological polar surface area (TPSA) is 127 Å². The van der Waals surface area contributed by atoms with E-state index in [0.717, 1.165) is 5.56 Å². The minimum absolute atomic E-state index is 0.0864. The van der Waals surface area contributed by atoms with E-state index in [2.05, 4.69) is 20.2 Å². The van der Waals surface area contributed by atoms with Crippen LogP contribution in [0.15, 0.2) is 80.7 Å². The molecule has 4 aromatic rings. The molecule has 2 N–H and O–H groups in total. The van der Waals surface area contributed by atoms with E-state index in [1.165, 1.54) is 30.5 Å². The quantitative estimate of drug-likeness (QED) is 0.483. The van der Waals surface area contributed by atoms with E-state index in [9.17, 15) is 13.2 Å². The van der Waals surface area contributed by atoms with E-state index in [4.69, 9.17) is 8.83 Å². The molecule has 0 saturated heterocycles. The van der Waals surface area contributed by atoms with Crippen LogP contribution in [0.5, 0.6) is 0 Å². The zero-order valence-corrected chi connectivity index (χ0v) is 16.5. The Balaban J connectivity index is 1.55. The molecule has 0 atom stereocenters. The number of nitrogens with one attached hydrogen (secondary N) is 2. The predicted molar refractivity (Wildman–Crippen MR) is 108 cm³/mol. The molecule has 0 radical (unpaired) electrons. The monoisotopic (exact) mass is 424 g/mol. The summed E-state index contributed by atoms with van der Waals surface area (Å²) in [5.74, 6) is -0.162. The Kier molecular flexibility index (Phi) is 5.07. The number of furan rings is 1. The van der Waals surface area contributed by atoms with Crippen molar-refractivity contribution in [2.24, 2.45) is 0 Å². The molecule has 2 aromatic heterocycles. The maximum atomic E-state index is 12.7. The zero-order valence-electron chi connectivity index (χ0n) is 15.7. The van der Waals surface area contributed by atoms with Gasteiger partial charge >= 0.3 is 6.01 Å². The molecule has 0 aliphatic carbocycles. The van der Waals surface area contributed by atoms with Gasteiger partial charge in [-0.15, -0.1) is 5.10 Å². The van der Waals surface area contributed by atoms with Gasteiger partial charge in [-0.3, -0.25) is 14.8 Å². The number of rotatable bonds is 6. The van der Waals surface area contributed by atoms with Crippen molar-refractivity contribution in [2.75, 3.05) is 10.0 Å². The van der Waals surface area contributed by atoms with Crippen LogP contribution in [-0.4, -0.2) is 24.5 Å². The number of aromatic nitrogens is 2. The lowest BCUT2D eigenvalue weighted by Gasteiger charge is -2.12. The smallest absolute Gasteiger partial charge is 0.322 e. The number of nitrogens with zero attached hydrogens (tertiary/aromatic N) is 2. The van der Waals surface area contributed by atoms with Crippen molar-refractivity contribution >= 4 is 27.6 Å². The van der Waals surface area contributed by atoms with Crippen molar-refractivity contribution in [3.8, 4) is 11.7 Å². The first-order valence-corrected chi connectivity index (χ1v) is 10.3. The van der Waals surface area contributed by atoms with Crippen molar-refractivity contribution < 1.29 is 22.0 Å². The van der Waals surface area contributed by atoms with E-state index < -0.39 is 15.9 Å². The Morgan fingerprint density at radius 1 is 0.967 bits per heavy atom. The highest BCUT2D eigenvalue weighted by molar-refractivity contribution is 7.92. The lowest BCUT2D eigenvalue weighted by Crippen LogP contribution is -2.18. The van der Waals surface area contributed by atoms with E-state index >= 15 is 0 Å². The zero-order chi connectivity index (χ0) is 21.1. The summed E-state index contributed by atoms with van der Waals surface area (Å²) in [5, 5.41) is 10.0. The second-order valence-electron chi connectivity index (χ2n) is 6.31. The van der Waals surface area contributed by atoms with Crippen LogP contribution in [0, 0.1) is 6.92 Å². The fourth-order valence-electron chi connectivity index (χ4n) is 2.63. The number of para-hydroxylation sites is 1. The van der Waals surface area contributed by atoms with Gasteiger partial charge in [-0.25, -0.2) is 8.42 Å². The second kappa shape index (κ2) is 7.84. The van der Waals surface area contributed by atoms with E-state index in [1.807, 2.05) is 6.92 Å². The molecular weight excluding hydrogens is 408 g/mol. The summed E-state index contributed by atoms with van der Waals surface area (Å²) in [4.78, 5) is 12.8. The summed E-state index contributed by atoms with van der Waals surface area (Å²) < 4.78 is 38.3. The number of carbonyl (C=O) groups excluding carboxylic acids is 1. The minimum Gasteiger partial charge on any atom is -0.459 e. The summed E-state index contributed by atoms with van der Waals surface area (Å²) in [6.07, 6.45) is 1.45. The van der Waals surface area contributed by atoms with Crippen LogP contribution in [0.25, 0.3) is 11.7 Å². The first-order valence-electron chi connectivity index (χ1n) is 8.80. The molecular formula is C20H16N4O5S. The third kappa shape index (κ3) is 4.08. The molecule has 10 heteroatoms. The maximum absolute atomic E-state index is 12.7. The molecule has 30 heavy (non-hydrogen) atoms. The minimum atomic E-state index is -3.88. The number of sulfonamides is 1. The van der Waals surface area contributed by atoms with Crippen LogP contribution in [0.2, 0.25) is 0 Å². The molecule has 1 amide bonds. The van der Waals surface area contributed by atoms with Crippen LogP contribution in [0.3, 0.4) is 0 Å². The highest BCUT2D eigenvalue weighted by Crippen LogP contribution is 2.23. The second-order valence-corrected chi connectivity index (χ2v) is 7.99. The lowest BCUT2D eigenvalue weighted by atomic mass is 10.2. The van der Waals surface area contributed by atoms with Gasteiger partial charge in [0.15, 0.2) is 5.76 Å². The molecule has 9 nitrogen and oxygen atoms in total. The SMILES string of the molecule is Cc1ccc(S(=O)(=O)Nc2ccccc2C(=O)Nc2nnc(-c3ccco3)o2)cc1. The van der Waals surface area contributed by atoms with Gasteiger partial charge in [0.25, 0.3) is 21.8 Å². The Morgan fingerprint density at radius 3 is 2.47 bits per heavy atom. The molecule has 0 spiro atoms. The molecule has 152 valence electrons. The van der Waals surface area contributed by atoms with Crippen molar-refractivity contribution in [2.45, 2.75) is 11.8 Å². The summed E-state index contributed by atoms with van der Waals surface area (Å²) in [6.45, 7) is 1.86. The average molecular weight is 424 g/mol. The maximum Gasteiger partial charge on any atom is 0.322 e. The Morgan fingerprint density at radius 2 is 1.73 bits per heavy atom. The summed E-state index contributed by atoms with van der Waals surface area (Å²) in [7, 11) is -3.88. The Bertz CT molecular complexity index is 1280.